The van der Waals surface area contributed by atoms with E-state index in [1.54, 1.807) is 0 Å². The molecule has 10 heteroatoms. The number of sulfonamides is 1. The Labute approximate surface area is 92.6 Å². The van der Waals surface area contributed by atoms with Gasteiger partial charge in [0, 0.05) is 12.1 Å². The molecule has 0 saturated carbocycles. The minimum atomic E-state index is -4.76. The molecule has 0 aliphatic rings. The van der Waals surface area contributed by atoms with E-state index in [2.05, 4.69) is 4.40 Å². The van der Waals surface area contributed by atoms with E-state index >= 15 is 0 Å². The third-order valence-electron chi connectivity index (χ3n) is 1.63. The Bertz CT molecular complexity index is 636. The maximum atomic E-state index is 13.1. The van der Waals surface area contributed by atoms with Crippen molar-refractivity contribution in [2.24, 2.45) is 4.40 Å². The highest BCUT2D eigenvalue weighted by molar-refractivity contribution is 7.90. The van der Waals surface area contributed by atoms with Crippen molar-refractivity contribution in [1.82, 2.24) is 0 Å². The van der Waals surface area contributed by atoms with Crippen molar-refractivity contribution in [3.8, 4) is 0 Å². The molecule has 0 aliphatic carbocycles. The zero-order valence-electron chi connectivity index (χ0n) is 7.75. The van der Waals surface area contributed by atoms with Crippen LogP contribution < -0.4 is 0 Å². The van der Waals surface area contributed by atoms with Crippen molar-refractivity contribution < 1.29 is 26.9 Å². The van der Waals surface area contributed by atoms with E-state index in [-0.39, 0.29) is 12.1 Å². The number of nitro benzene ring substituents is 1. The Morgan fingerprint density at radius 1 is 1.29 bits per heavy atom. The molecule has 0 heterocycles. The molecule has 0 aliphatic heterocycles. The van der Waals surface area contributed by atoms with E-state index in [9.17, 15) is 32.1 Å². The number of halogens is 2. The molecule has 0 aromatic heterocycles. The monoisotopic (exact) mass is 264 g/mol. The smallest absolute Gasteiger partial charge is 0.258 e. The van der Waals surface area contributed by atoms with Crippen LogP contribution in [0.2, 0.25) is 0 Å². The van der Waals surface area contributed by atoms with Gasteiger partial charge in [-0.1, -0.05) is 4.40 Å². The molecule has 1 aromatic carbocycles. The summed E-state index contributed by atoms with van der Waals surface area (Å²) in [6.07, 6.45) is 0.654. The third-order valence-corrected chi connectivity index (χ3v) is 2.82. The molecule has 1 aromatic rings. The lowest BCUT2D eigenvalue weighted by atomic mass is 10.3. The molecule has 0 N–H and O–H groups in total. The van der Waals surface area contributed by atoms with Crippen LogP contribution in [0.1, 0.15) is 0 Å². The lowest BCUT2D eigenvalue weighted by Crippen LogP contribution is -2.03. The first-order chi connectivity index (χ1) is 7.79. The summed E-state index contributed by atoms with van der Waals surface area (Å²) in [5, 5.41) is 10.3. The highest BCUT2D eigenvalue weighted by atomic mass is 32.2. The highest BCUT2D eigenvalue weighted by Gasteiger charge is 2.26. The largest absolute Gasteiger partial charge is 0.306 e. The Morgan fingerprint density at radius 2 is 1.88 bits per heavy atom. The van der Waals surface area contributed by atoms with Gasteiger partial charge in [0.15, 0.2) is 0 Å². The molecule has 90 valence electrons. The molecular formula is C7H2F2N2O5S. The summed E-state index contributed by atoms with van der Waals surface area (Å²) in [6, 6.07) is 0.159. The van der Waals surface area contributed by atoms with Gasteiger partial charge in [0.1, 0.15) is 10.7 Å². The standard InChI is InChI=1S/C7H2F2N2O5S/c8-4-1-5(9)7(2-6(4)11(13)14)17(15,16)10-3-12/h1-2H. The summed E-state index contributed by atoms with van der Waals surface area (Å²) in [6.45, 7) is 0. The molecule has 0 spiro atoms. The van der Waals surface area contributed by atoms with E-state index in [1.165, 1.54) is 0 Å². The Kier molecular flexibility index (Phi) is 3.30. The van der Waals surface area contributed by atoms with Crippen molar-refractivity contribution in [3.63, 3.8) is 0 Å². The summed E-state index contributed by atoms with van der Waals surface area (Å²) >= 11 is 0. The molecule has 0 amide bonds. The van der Waals surface area contributed by atoms with Crippen molar-refractivity contribution in [3.05, 3.63) is 33.9 Å². The highest BCUT2D eigenvalue weighted by Crippen LogP contribution is 2.25. The topological polar surface area (TPSA) is 107 Å². The molecular weight excluding hydrogens is 262 g/mol. The van der Waals surface area contributed by atoms with Gasteiger partial charge in [-0.3, -0.25) is 10.1 Å². The first kappa shape index (κ1) is 12.9. The SMILES string of the molecule is O=C=NS(=O)(=O)c1cc([N+](=O)[O-])c(F)cc1F. The number of hydrogen-bond acceptors (Lipinski definition) is 5. The van der Waals surface area contributed by atoms with Crippen LogP contribution in [0.15, 0.2) is 21.4 Å². The van der Waals surface area contributed by atoms with Gasteiger partial charge in [-0.15, -0.1) is 0 Å². The second kappa shape index (κ2) is 4.36. The molecule has 1 rings (SSSR count). The summed E-state index contributed by atoms with van der Waals surface area (Å²) in [7, 11) is -4.76. The first-order valence-corrected chi connectivity index (χ1v) is 5.21. The van der Waals surface area contributed by atoms with Crippen LogP contribution in [0.3, 0.4) is 0 Å². The van der Waals surface area contributed by atoms with Crippen LogP contribution in [-0.4, -0.2) is 19.4 Å². The van der Waals surface area contributed by atoms with E-state index < -0.39 is 37.2 Å². The summed E-state index contributed by atoms with van der Waals surface area (Å²) < 4.78 is 50.5. The number of carbonyl (C=O) groups excluding carboxylic acids is 1. The van der Waals surface area contributed by atoms with Gasteiger partial charge in [0.2, 0.25) is 5.82 Å². The van der Waals surface area contributed by atoms with E-state index in [0.29, 0.717) is 6.08 Å². The molecule has 7 nitrogen and oxygen atoms in total. The Morgan fingerprint density at radius 3 is 2.35 bits per heavy atom. The maximum Gasteiger partial charge on any atom is 0.306 e. The Balaban J connectivity index is 3.62. The number of nitro groups is 1. The predicted octanol–water partition coefficient (Wildman–Crippen LogP) is 0.898. The van der Waals surface area contributed by atoms with E-state index in [4.69, 9.17) is 0 Å². The third kappa shape index (κ3) is 2.49. The Hall–Kier alpha value is -2.19. The van der Waals surface area contributed by atoms with Gasteiger partial charge < -0.3 is 0 Å². The number of benzene rings is 1. The van der Waals surface area contributed by atoms with Crippen LogP contribution in [0, 0.1) is 21.7 Å². The zero-order valence-corrected chi connectivity index (χ0v) is 8.57. The lowest BCUT2D eigenvalue weighted by molar-refractivity contribution is -0.387. The first-order valence-electron chi connectivity index (χ1n) is 3.77. The van der Waals surface area contributed by atoms with Gasteiger partial charge in [-0.05, 0) is 0 Å². The van der Waals surface area contributed by atoms with Gasteiger partial charge in [0.05, 0.1) is 4.92 Å². The summed E-state index contributed by atoms with van der Waals surface area (Å²) in [4.78, 5) is 17.6. The lowest BCUT2D eigenvalue weighted by Gasteiger charge is -2.00. The second-order valence-electron chi connectivity index (χ2n) is 2.65. The van der Waals surface area contributed by atoms with Crippen molar-refractivity contribution in [2.75, 3.05) is 0 Å². The second-order valence-corrected chi connectivity index (χ2v) is 4.22. The molecule has 0 atom stereocenters. The van der Waals surface area contributed by atoms with Crippen LogP contribution in [0.5, 0.6) is 0 Å². The van der Waals surface area contributed by atoms with E-state index in [1.807, 2.05) is 0 Å². The van der Waals surface area contributed by atoms with Crippen LogP contribution in [0.25, 0.3) is 0 Å². The van der Waals surface area contributed by atoms with Gasteiger partial charge >= 0.3 is 5.69 Å². The summed E-state index contributed by atoms with van der Waals surface area (Å²) in [5.41, 5.74) is -1.24. The van der Waals surface area contributed by atoms with Crippen molar-refractivity contribution in [1.29, 1.82) is 0 Å². The van der Waals surface area contributed by atoms with Gasteiger partial charge in [-0.25, -0.2) is 9.18 Å². The normalized spacial score (nSPS) is 10.7. The van der Waals surface area contributed by atoms with Crippen molar-refractivity contribution >= 4 is 21.8 Å². The van der Waals surface area contributed by atoms with Crippen LogP contribution in [0.4, 0.5) is 14.5 Å². The predicted molar refractivity (Wildman–Crippen MR) is 48.3 cm³/mol. The minimum absolute atomic E-state index is 0.0192. The van der Waals surface area contributed by atoms with Gasteiger partial charge in [-0.2, -0.15) is 12.8 Å². The zero-order chi connectivity index (χ0) is 13.2. The average Bonchev–Trinajstić information content (AvgIpc) is 2.15. The fourth-order valence-corrected chi connectivity index (χ4v) is 1.72. The summed E-state index contributed by atoms with van der Waals surface area (Å²) in [5.74, 6) is -3.13. The molecule has 0 bridgehead atoms. The van der Waals surface area contributed by atoms with Gasteiger partial charge in [0.25, 0.3) is 16.1 Å². The molecule has 0 radical (unpaired) electrons. The molecule has 0 unspecified atom stereocenters. The van der Waals surface area contributed by atoms with E-state index in [0.717, 1.165) is 0 Å². The quantitative estimate of drug-likeness (QED) is 0.349. The minimum Gasteiger partial charge on any atom is -0.258 e. The number of nitrogens with zero attached hydrogens (tertiary/aromatic N) is 2. The average molecular weight is 264 g/mol. The number of hydrogen-bond donors (Lipinski definition) is 0. The molecule has 17 heavy (non-hydrogen) atoms. The van der Waals surface area contributed by atoms with Crippen LogP contribution >= 0.6 is 0 Å². The molecule has 0 fully saturated rings. The fraction of sp³-hybridized carbons (Fsp3) is 0. The number of rotatable bonds is 3. The number of isocyanates is 1. The fourth-order valence-electron chi connectivity index (χ4n) is 0.954. The maximum absolute atomic E-state index is 13.1. The van der Waals surface area contributed by atoms with Crippen molar-refractivity contribution in [2.45, 2.75) is 4.90 Å². The van der Waals surface area contributed by atoms with Crippen LogP contribution in [-0.2, 0) is 14.8 Å². The molecule has 0 saturated heterocycles.